The number of carbonyl (C=O) groups excluding carboxylic acids is 3. The van der Waals surface area contributed by atoms with E-state index in [2.05, 4.69) is 215 Å². The zero-order chi connectivity index (χ0) is 80.8. The minimum Gasteiger partial charge on any atom is -0.463 e. The molecule has 0 aliphatic heterocycles. The van der Waals surface area contributed by atoms with Gasteiger partial charge in [0.1, 0.15) is 25.4 Å². The fourth-order valence-corrected chi connectivity index (χ4v) is 12.5. The quantitative estimate of drug-likeness (QED) is 0.0146. The van der Waals surface area contributed by atoms with Crippen molar-refractivity contribution in [3.63, 3.8) is 0 Å². The molecular formula is C93H152O16P2. The second-order valence-electron chi connectivity index (χ2n) is 27.8. The van der Waals surface area contributed by atoms with Crippen LogP contribution in [0.2, 0.25) is 0 Å². The van der Waals surface area contributed by atoms with Crippen LogP contribution in [0.4, 0.5) is 0 Å². The van der Waals surface area contributed by atoms with Crippen LogP contribution in [-0.2, 0) is 55.8 Å². The van der Waals surface area contributed by atoms with E-state index in [1.807, 2.05) is 0 Å². The standard InChI is InChI=1S/C93H152O16P2/c1-4-7-10-13-16-19-22-25-28-31-34-36-38-39-40-41-42-43-44-45-46-47-49-51-53-55-58-61-64-67-70-73-76-79-91(96)103-82-88(94)83-105-110(99,100)106-84-89(95)85-107-111(101,102)108-87-90(109-93(98)81-78-75-72-69-66-63-60-57-52-33-30-27-24-21-18-15-12-9-6-3)86-104-92(97)80-77-74-71-68-65-62-59-56-54-50-48-37-35-32-29-26-23-20-17-14-11-8-5-2/h7-12,16-21,25-30,34-37,39-40,50,52,54,57,59,62-63,66,88-90,94-95H,4-6,13-15,22-24,31-33,38,41-49,51,53,55-56,58,60-61,64-65,67-87H2,1-3H3,(H,99,100)(H,101,102)/b10-7-,11-8-,12-9-,19-16-,20-17-,21-18-,28-25-,29-26-,30-27-,36-34-,37-35-,40-39-,54-50-,57-52-,62-59-,66-63-. The first-order valence-electron chi connectivity index (χ1n) is 42.7. The number of phosphoric ester groups is 2. The van der Waals surface area contributed by atoms with Crippen molar-refractivity contribution < 1.29 is 75.8 Å². The molecular weight excluding hydrogens is 1430 g/mol. The summed E-state index contributed by atoms with van der Waals surface area (Å²) >= 11 is 0. The summed E-state index contributed by atoms with van der Waals surface area (Å²) in [4.78, 5) is 58.8. The lowest BCUT2D eigenvalue weighted by Crippen LogP contribution is -2.30. The number of aliphatic hydroxyl groups excluding tert-OH is 2. The summed E-state index contributed by atoms with van der Waals surface area (Å²) in [7, 11) is -9.83. The summed E-state index contributed by atoms with van der Waals surface area (Å²) in [5.74, 6) is -1.65. The number of aliphatic hydroxyl groups is 2. The smallest absolute Gasteiger partial charge is 0.463 e. The monoisotopic (exact) mass is 1590 g/mol. The molecule has 0 spiro atoms. The molecule has 0 fully saturated rings. The largest absolute Gasteiger partial charge is 0.472 e. The molecule has 0 aromatic rings. The molecule has 16 nitrogen and oxygen atoms in total. The maximum Gasteiger partial charge on any atom is 0.472 e. The normalized spacial score (nSPS) is 14.8. The predicted molar refractivity (Wildman–Crippen MR) is 463 cm³/mol. The molecule has 0 aliphatic carbocycles. The predicted octanol–water partition coefficient (Wildman–Crippen LogP) is 25.9. The van der Waals surface area contributed by atoms with Crippen LogP contribution in [0.15, 0.2) is 194 Å². The summed E-state index contributed by atoms with van der Waals surface area (Å²) in [5.41, 5.74) is 0. The molecule has 111 heavy (non-hydrogen) atoms. The van der Waals surface area contributed by atoms with Crippen molar-refractivity contribution in [1.29, 1.82) is 0 Å². The number of carbonyl (C=O) groups is 3. The molecule has 0 bridgehead atoms. The van der Waals surface area contributed by atoms with Crippen LogP contribution in [-0.4, -0.2) is 95.9 Å². The zero-order valence-electron chi connectivity index (χ0n) is 69.1. The second-order valence-corrected chi connectivity index (χ2v) is 30.7. The molecule has 0 rings (SSSR count). The Morgan fingerprint density at radius 3 is 0.721 bits per heavy atom. The van der Waals surface area contributed by atoms with E-state index in [0.29, 0.717) is 19.3 Å². The van der Waals surface area contributed by atoms with E-state index in [1.165, 1.54) is 89.9 Å². The maximum atomic E-state index is 13.0. The summed E-state index contributed by atoms with van der Waals surface area (Å²) in [5, 5.41) is 20.7. The average Bonchev–Trinajstić information content (AvgIpc) is 0.902. The second kappa shape index (κ2) is 83.8. The van der Waals surface area contributed by atoms with Crippen LogP contribution in [0.5, 0.6) is 0 Å². The third-order valence-electron chi connectivity index (χ3n) is 17.3. The number of unbranched alkanes of at least 4 members (excludes halogenated alkanes) is 24. The van der Waals surface area contributed by atoms with Gasteiger partial charge in [0, 0.05) is 19.3 Å². The molecule has 5 atom stereocenters. The van der Waals surface area contributed by atoms with Crippen molar-refractivity contribution in [2.75, 3.05) is 39.6 Å². The van der Waals surface area contributed by atoms with Crippen molar-refractivity contribution in [3.8, 4) is 0 Å². The number of rotatable bonds is 79. The van der Waals surface area contributed by atoms with Gasteiger partial charge in [0.2, 0.25) is 0 Å². The van der Waals surface area contributed by atoms with Gasteiger partial charge in [-0.3, -0.25) is 32.5 Å². The highest BCUT2D eigenvalue weighted by Gasteiger charge is 2.29. The van der Waals surface area contributed by atoms with E-state index < -0.39 is 91.5 Å². The molecule has 0 aromatic heterocycles. The number of hydrogen-bond donors (Lipinski definition) is 4. The van der Waals surface area contributed by atoms with E-state index >= 15 is 0 Å². The van der Waals surface area contributed by atoms with E-state index in [-0.39, 0.29) is 19.3 Å². The van der Waals surface area contributed by atoms with E-state index in [4.69, 9.17) is 32.3 Å². The van der Waals surface area contributed by atoms with Gasteiger partial charge < -0.3 is 34.2 Å². The summed E-state index contributed by atoms with van der Waals surface area (Å²) in [6, 6.07) is 0. The highest BCUT2D eigenvalue weighted by Crippen LogP contribution is 2.45. The van der Waals surface area contributed by atoms with Crippen molar-refractivity contribution in [1.82, 2.24) is 0 Å². The Morgan fingerprint density at radius 2 is 0.450 bits per heavy atom. The van der Waals surface area contributed by atoms with Crippen LogP contribution in [0.3, 0.4) is 0 Å². The van der Waals surface area contributed by atoms with Crippen LogP contribution < -0.4 is 0 Å². The average molecular weight is 1590 g/mol. The topological polar surface area (TPSA) is 231 Å². The molecule has 4 N–H and O–H groups in total. The van der Waals surface area contributed by atoms with Gasteiger partial charge in [-0.1, -0.05) is 331 Å². The van der Waals surface area contributed by atoms with Crippen molar-refractivity contribution >= 4 is 33.6 Å². The third-order valence-corrected chi connectivity index (χ3v) is 19.2. The van der Waals surface area contributed by atoms with Gasteiger partial charge in [-0.15, -0.1) is 0 Å². The van der Waals surface area contributed by atoms with E-state index in [0.717, 1.165) is 167 Å². The Bertz CT molecular complexity index is 2800. The van der Waals surface area contributed by atoms with Gasteiger partial charge in [0.05, 0.1) is 26.4 Å². The van der Waals surface area contributed by atoms with Crippen LogP contribution in [0.1, 0.15) is 316 Å². The van der Waals surface area contributed by atoms with Crippen LogP contribution in [0.25, 0.3) is 0 Å². The van der Waals surface area contributed by atoms with Gasteiger partial charge in [-0.05, 0) is 161 Å². The first-order valence-corrected chi connectivity index (χ1v) is 45.7. The molecule has 18 heteroatoms. The SMILES string of the molecule is CC/C=C\C/C=C\C/C=C\C/C=C\C/C=C\C/C=C\CCCCCCC(=O)OCC(COP(=O)(O)OCC(O)COP(=O)(O)OCC(O)COC(=O)CCCCCCCCCCCCCCCCCCC/C=C\C/C=C\C/C=C\C/C=C\C/C=C\CC)OC(=O)CCCCC/C=C\C/C=C\C/C=C\C/C=C\C/C=C\CC. The summed E-state index contributed by atoms with van der Waals surface area (Å²) in [6.45, 7) is 2.27. The van der Waals surface area contributed by atoms with Crippen molar-refractivity contribution in [3.05, 3.63) is 194 Å². The molecule has 0 radical (unpaired) electrons. The lowest BCUT2D eigenvalue weighted by Gasteiger charge is -2.21. The molecule has 0 heterocycles. The molecule has 0 aromatic carbocycles. The first kappa shape index (κ1) is 105. The van der Waals surface area contributed by atoms with Gasteiger partial charge in [0.25, 0.3) is 0 Å². The van der Waals surface area contributed by atoms with Gasteiger partial charge in [0.15, 0.2) is 6.10 Å². The lowest BCUT2D eigenvalue weighted by atomic mass is 10.0. The number of allylic oxidation sites excluding steroid dienone is 32. The molecule has 0 aliphatic rings. The summed E-state index contributed by atoms with van der Waals surface area (Å²) in [6.07, 6.45) is 111. The Balaban J connectivity index is 4.59. The maximum absolute atomic E-state index is 13.0. The summed E-state index contributed by atoms with van der Waals surface area (Å²) < 4.78 is 61.2. The van der Waals surface area contributed by atoms with Gasteiger partial charge in [-0.25, -0.2) is 9.13 Å². The highest BCUT2D eigenvalue weighted by molar-refractivity contribution is 7.47. The molecule has 0 saturated heterocycles. The fraction of sp³-hybridized carbons (Fsp3) is 0.624. The third kappa shape index (κ3) is 85.1. The molecule has 630 valence electrons. The van der Waals surface area contributed by atoms with E-state index in [1.54, 1.807) is 0 Å². The highest BCUT2D eigenvalue weighted by atomic mass is 31.2. The van der Waals surface area contributed by atoms with Crippen molar-refractivity contribution in [2.45, 2.75) is 334 Å². The minimum absolute atomic E-state index is 0.0519. The van der Waals surface area contributed by atoms with Gasteiger partial charge >= 0.3 is 33.6 Å². The Kier molecular flexibility index (Phi) is 79.6. The Morgan fingerprint density at radius 1 is 0.252 bits per heavy atom. The van der Waals surface area contributed by atoms with E-state index in [9.17, 15) is 43.5 Å². The van der Waals surface area contributed by atoms with Crippen molar-refractivity contribution in [2.24, 2.45) is 0 Å². The Hall–Kier alpha value is -5.61. The number of hydrogen-bond acceptors (Lipinski definition) is 14. The van der Waals surface area contributed by atoms with Crippen LogP contribution >= 0.6 is 15.6 Å². The molecule has 0 saturated carbocycles. The number of esters is 3. The molecule has 0 amide bonds. The minimum atomic E-state index is -4.96. The Labute approximate surface area is 674 Å². The number of ether oxygens (including phenoxy) is 3. The zero-order valence-corrected chi connectivity index (χ0v) is 70.8. The lowest BCUT2D eigenvalue weighted by molar-refractivity contribution is -0.161. The molecule has 5 unspecified atom stereocenters. The number of phosphoric acid groups is 2. The van der Waals surface area contributed by atoms with Crippen LogP contribution in [0, 0.1) is 0 Å². The first-order chi connectivity index (χ1) is 54.2. The van der Waals surface area contributed by atoms with Gasteiger partial charge in [-0.2, -0.15) is 0 Å². The fourth-order valence-electron chi connectivity index (χ4n) is 10.9.